The van der Waals surface area contributed by atoms with Crippen molar-refractivity contribution < 1.29 is 4.79 Å². The maximum absolute atomic E-state index is 10.7. The summed E-state index contributed by atoms with van der Waals surface area (Å²) in [5.74, 6) is -0.346. The highest BCUT2D eigenvalue weighted by atomic mass is 35.5. The second-order valence-electron chi connectivity index (χ2n) is 2.48. The lowest BCUT2D eigenvalue weighted by atomic mass is 10.5. The Kier molecular flexibility index (Phi) is 3.57. The molecule has 1 aromatic heterocycles. The van der Waals surface area contributed by atoms with E-state index in [1.807, 2.05) is 0 Å². The van der Waals surface area contributed by atoms with E-state index in [0.717, 1.165) is 5.03 Å². The molecule has 5 heteroatoms. The molecular weight excluding hydrogens is 208 g/mol. The van der Waals surface area contributed by atoms with Gasteiger partial charge in [0.05, 0.1) is 15.3 Å². The second-order valence-corrected chi connectivity index (χ2v) is 4.27. The first-order valence-corrected chi connectivity index (χ1v) is 4.93. The molecule has 0 radical (unpaired) electrons. The molecule has 0 aromatic carbocycles. The summed E-state index contributed by atoms with van der Waals surface area (Å²) in [6.45, 7) is 1.74. The second kappa shape index (κ2) is 4.48. The van der Waals surface area contributed by atoms with Gasteiger partial charge < -0.3 is 5.73 Å². The molecule has 0 spiro atoms. The normalized spacial score (nSPS) is 12.5. The molecule has 13 heavy (non-hydrogen) atoms. The Morgan fingerprint density at radius 3 is 2.85 bits per heavy atom. The fraction of sp³-hybridized carbons (Fsp3) is 0.250. The first-order chi connectivity index (χ1) is 6.09. The Labute approximate surface area is 85.7 Å². The van der Waals surface area contributed by atoms with Gasteiger partial charge in [-0.25, -0.2) is 4.98 Å². The number of hydrogen-bond acceptors (Lipinski definition) is 3. The average molecular weight is 217 g/mol. The van der Waals surface area contributed by atoms with Crippen molar-refractivity contribution in [3.8, 4) is 0 Å². The van der Waals surface area contributed by atoms with Crippen LogP contribution in [0.5, 0.6) is 0 Å². The third-order valence-corrected chi connectivity index (χ3v) is 2.69. The number of halogens is 1. The van der Waals surface area contributed by atoms with Gasteiger partial charge in [-0.1, -0.05) is 23.4 Å². The number of carbonyl (C=O) groups excluding carboxylic acids is 1. The molecule has 0 saturated carbocycles. The van der Waals surface area contributed by atoms with Crippen LogP contribution in [-0.4, -0.2) is 16.1 Å². The summed E-state index contributed by atoms with van der Waals surface area (Å²) in [7, 11) is 0. The van der Waals surface area contributed by atoms with Crippen molar-refractivity contribution in [3.05, 3.63) is 23.4 Å². The molecule has 2 N–H and O–H groups in total. The van der Waals surface area contributed by atoms with Crippen LogP contribution < -0.4 is 5.73 Å². The summed E-state index contributed by atoms with van der Waals surface area (Å²) in [6, 6.07) is 3.48. The minimum absolute atomic E-state index is 0.270. The van der Waals surface area contributed by atoms with Gasteiger partial charge in [0.15, 0.2) is 0 Å². The first kappa shape index (κ1) is 10.3. The molecule has 1 aromatic rings. The number of pyridine rings is 1. The van der Waals surface area contributed by atoms with Crippen molar-refractivity contribution >= 4 is 29.3 Å². The zero-order valence-corrected chi connectivity index (χ0v) is 8.60. The number of amides is 1. The van der Waals surface area contributed by atoms with E-state index < -0.39 is 0 Å². The summed E-state index contributed by atoms with van der Waals surface area (Å²) < 4.78 is 0. The van der Waals surface area contributed by atoms with Gasteiger partial charge in [-0.3, -0.25) is 4.79 Å². The van der Waals surface area contributed by atoms with Crippen LogP contribution in [0, 0.1) is 0 Å². The molecule has 1 amide bonds. The number of carbonyl (C=O) groups is 1. The maximum Gasteiger partial charge on any atom is 0.230 e. The molecule has 1 atom stereocenters. The molecule has 1 heterocycles. The molecule has 0 aliphatic carbocycles. The number of hydrogen-bond donors (Lipinski definition) is 1. The first-order valence-electron chi connectivity index (χ1n) is 3.67. The van der Waals surface area contributed by atoms with Crippen molar-refractivity contribution in [1.82, 2.24) is 4.98 Å². The standard InChI is InChI=1S/C8H9ClN2OS/c1-5(8(10)12)13-7-3-2-6(9)4-11-7/h2-5H,1H3,(H2,10,12). The van der Waals surface area contributed by atoms with Gasteiger partial charge in [0.25, 0.3) is 0 Å². The lowest BCUT2D eigenvalue weighted by molar-refractivity contribution is -0.117. The molecule has 0 saturated heterocycles. The van der Waals surface area contributed by atoms with Crippen LogP contribution in [0.4, 0.5) is 0 Å². The van der Waals surface area contributed by atoms with Gasteiger partial charge in [0, 0.05) is 6.20 Å². The number of rotatable bonds is 3. The number of primary amides is 1. The largest absolute Gasteiger partial charge is 0.369 e. The number of nitrogens with zero attached hydrogens (tertiary/aromatic N) is 1. The highest BCUT2D eigenvalue weighted by molar-refractivity contribution is 8.00. The third kappa shape index (κ3) is 3.24. The van der Waals surface area contributed by atoms with Crippen LogP contribution in [0.3, 0.4) is 0 Å². The van der Waals surface area contributed by atoms with Crippen molar-refractivity contribution in [3.63, 3.8) is 0 Å². The van der Waals surface area contributed by atoms with Gasteiger partial charge in [-0.15, -0.1) is 0 Å². The zero-order valence-electron chi connectivity index (χ0n) is 7.03. The molecule has 1 unspecified atom stereocenters. The van der Waals surface area contributed by atoms with Gasteiger partial charge in [-0.2, -0.15) is 0 Å². The van der Waals surface area contributed by atoms with Gasteiger partial charge in [-0.05, 0) is 19.1 Å². The topological polar surface area (TPSA) is 56.0 Å². The highest BCUT2D eigenvalue weighted by Gasteiger charge is 2.10. The number of thioether (sulfide) groups is 1. The molecule has 0 fully saturated rings. The summed E-state index contributed by atoms with van der Waals surface area (Å²) >= 11 is 6.96. The van der Waals surface area contributed by atoms with Crippen LogP contribution in [0.1, 0.15) is 6.92 Å². The maximum atomic E-state index is 10.7. The minimum Gasteiger partial charge on any atom is -0.369 e. The van der Waals surface area contributed by atoms with E-state index >= 15 is 0 Å². The van der Waals surface area contributed by atoms with E-state index in [2.05, 4.69) is 4.98 Å². The molecule has 0 aliphatic heterocycles. The fourth-order valence-corrected chi connectivity index (χ4v) is 1.52. The Morgan fingerprint density at radius 1 is 1.69 bits per heavy atom. The molecule has 1 rings (SSSR count). The average Bonchev–Trinajstić information content (AvgIpc) is 2.08. The Morgan fingerprint density at radius 2 is 2.38 bits per heavy atom. The van der Waals surface area contributed by atoms with E-state index in [-0.39, 0.29) is 11.2 Å². The number of nitrogens with two attached hydrogens (primary N) is 1. The van der Waals surface area contributed by atoms with Crippen LogP contribution in [0.25, 0.3) is 0 Å². The van der Waals surface area contributed by atoms with E-state index in [0.29, 0.717) is 5.02 Å². The quantitative estimate of drug-likeness (QED) is 0.783. The van der Waals surface area contributed by atoms with Crippen molar-refractivity contribution in [1.29, 1.82) is 0 Å². The minimum atomic E-state index is -0.346. The van der Waals surface area contributed by atoms with Gasteiger partial charge in [0.2, 0.25) is 5.91 Å². The number of aromatic nitrogens is 1. The zero-order chi connectivity index (χ0) is 9.84. The molecule has 0 aliphatic rings. The predicted molar refractivity (Wildman–Crippen MR) is 53.8 cm³/mol. The SMILES string of the molecule is CC(Sc1ccc(Cl)cn1)C(N)=O. The molecular formula is C8H9ClN2OS. The van der Waals surface area contributed by atoms with E-state index in [1.54, 1.807) is 19.1 Å². The molecule has 3 nitrogen and oxygen atoms in total. The predicted octanol–water partition coefficient (Wildman–Crippen LogP) is 1.70. The lowest BCUT2D eigenvalue weighted by Crippen LogP contribution is -2.22. The van der Waals surface area contributed by atoms with E-state index in [1.165, 1.54) is 18.0 Å². The molecule has 70 valence electrons. The van der Waals surface area contributed by atoms with Crippen LogP contribution >= 0.6 is 23.4 Å². The fourth-order valence-electron chi connectivity index (χ4n) is 0.671. The highest BCUT2D eigenvalue weighted by Crippen LogP contribution is 2.21. The summed E-state index contributed by atoms with van der Waals surface area (Å²) in [6.07, 6.45) is 1.54. The van der Waals surface area contributed by atoms with Gasteiger partial charge >= 0.3 is 0 Å². The van der Waals surface area contributed by atoms with Gasteiger partial charge in [0.1, 0.15) is 0 Å². The van der Waals surface area contributed by atoms with Crippen molar-refractivity contribution in [2.45, 2.75) is 17.2 Å². The smallest absolute Gasteiger partial charge is 0.230 e. The summed E-state index contributed by atoms with van der Waals surface area (Å²) in [5.41, 5.74) is 5.10. The van der Waals surface area contributed by atoms with Crippen LogP contribution in [0.2, 0.25) is 5.02 Å². The summed E-state index contributed by atoms with van der Waals surface area (Å²) in [5, 5.41) is 1.06. The third-order valence-electron chi connectivity index (χ3n) is 1.40. The Hall–Kier alpha value is -0.740. The van der Waals surface area contributed by atoms with Crippen molar-refractivity contribution in [2.75, 3.05) is 0 Å². The Balaban J connectivity index is 2.64. The van der Waals surface area contributed by atoms with Crippen LogP contribution in [-0.2, 0) is 4.79 Å². The lowest BCUT2D eigenvalue weighted by Gasteiger charge is -2.05. The van der Waals surface area contributed by atoms with Crippen molar-refractivity contribution in [2.24, 2.45) is 5.73 Å². The summed E-state index contributed by atoms with van der Waals surface area (Å²) in [4.78, 5) is 14.7. The van der Waals surface area contributed by atoms with E-state index in [4.69, 9.17) is 17.3 Å². The Bertz CT molecular complexity index is 302. The van der Waals surface area contributed by atoms with E-state index in [9.17, 15) is 4.79 Å². The van der Waals surface area contributed by atoms with Crippen LogP contribution in [0.15, 0.2) is 23.4 Å². The molecule has 0 bridgehead atoms. The monoisotopic (exact) mass is 216 g/mol.